The lowest BCUT2D eigenvalue weighted by Gasteiger charge is -2.23. The van der Waals surface area contributed by atoms with Crippen molar-refractivity contribution >= 4 is 56.9 Å². The van der Waals surface area contributed by atoms with Crippen molar-refractivity contribution in [1.29, 1.82) is 0 Å². The molecule has 0 aromatic heterocycles. The standard InChI is InChI=1S/C21H22Cl2N2O6S2/c1-33(29,30)25-12-32-11-19(25)20(26)24-18(21(27)28)9-13-5-7-14(8-6-13)31-10-15-16(22)3-2-4-17(15)23/h2-8,18-19H,9-12H2,1H3,(H,24,26)(H,27,28)/t18-,19+/m0/s1. The number of amides is 1. The fourth-order valence-corrected chi connectivity index (χ4v) is 6.45. The van der Waals surface area contributed by atoms with Gasteiger partial charge in [0.2, 0.25) is 15.9 Å². The van der Waals surface area contributed by atoms with Gasteiger partial charge in [-0.15, -0.1) is 11.8 Å². The first kappa shape index (κ1) is 25.6. The maximum atomic E-state index is 12.6. The molecule has 0 aliphatic carbocycles. The highest BCUT2D eigenvalue weighted by Crippen LogP contribution is 2.26. The fourth-order valence-electron chi connectivity index (χ4n) is 3.21. The number of carbonyl (C=O) groups excluding carboxylic acids is 1. The number of nitrogens with one attached hydrogen (secondary N) is 1. The maximum Gasteiger partial charge on any atom is 0.326 e. The van der Waals surface area contributed by atoms with E-state index in [9.17, 15) is 23.1 Å². The largest absolute Gasteiger partial charge is 0.489 e. The van der Waals surface area contributed by atoms with Crippen molar-refractivity contribution in [2.75, 3.05) is 17.9 Å². The van der Waals surface area contributed by atoms with E-state index in [0.29, 0.717) is 26.9 Å². The number of thioether (sulfide) groups is 1. The average Bonchev–Trinajstić information content (AvgIpc) is 3.25. The van der Waals surface area contributed by atoms with Crippen molar-refractivity contribution in [2.45, 2.75) is 25.1 Å². The third kappa shape index (κ3) is 6.77. The second kappa shape index (κ2) is 11.0. The van der Waals surface area contributed by atoms with Gasteiger partial charge in [-0.1, -0.05) is 41.4 Å². The average molecular weight is 533 g/mol. The van der Waals surface area contributed by atoms with E-state index in [1.807, 2.05) is 0 Å². The lowest BCUT2D eigenvalue weighted by molar-refractivity contribution is -0.142. The van der Waals surface area contributed by atoms with Crippen LogP contribution in [0.25, 0.3) is 0 Å². The Kier molecular flexibility index (Phi) is 8.52. The van der Waals surface area contributed by atoms with Gasteiger partial charge in [0.25, 0.3) is 0 Å². The second-order valence-electron chi connectivity index (χ2n) is 7.40. The van der Waals surface area contributed by atoms with Crippen LogP contribution in [0.1, 0.15) is 11.1 Å². The van der Waals surface area contributed by atoms with Gasteiger partial charge in [-0.25, -0.2) is 13.2 Å². The molecule has 1 amide bonds. The molecule has 1 aliphatic rings. The normalized spacial score (nSPS) is 17.5. The zero-order chi connectivity index (χ0) is 24.2. The van der Waals surface area contributed by atoms with Gasteiger partial charge in [0.15, 0.2) is 0 Å². The van der Waals surface area contributed by atoms with Crippen LogP contribution in [0.3, 0.4) is 0 Å². The molecule has 2 aromatic carbocycles. The summed E-state index contributed by atoms with van der Waals surface area (Å²) in [6.07, 6.45) is 1.05. The van der Waals surface area contributed by atoms with Gasteiger partial charge < -0.3 is 15.2 Å². The van der Waals surface area contributed by atoms with Crippen molar-refractivity contribution in [3.05, 3.63) is 63.6 Å². The number of hydrogen-bond donors (Lipinski definition) is 2. The SMILES string of the molecule is CS(=O)(=O)N1CSC[C@@H]1C(=O)N[C@@H](Cc1ccc(OCc2c(Cl)cccc2Cl)cc1)C(=O)O. The second-order valence-corrected chi connectivity index (χ2v) is 11.2. The summed E-state index contributed by atoms with van der Waals surface area (Å²) in [7, 11) is -3.57. The highest BCUT2D eigenvalue weighted by atomic mass is 35.5. The van der Waals surface area contributed by atoms with Crippen molar-refractivity contribution in [3.8, 4) is 5.75 Å². The summed E-state index contributed by atoms with van der Waals surface area (Å²) < 4.78 is 30.5. The summed E-state index contributed by atoms with van der Waals surface area (Å²) >= 11 is 13.6. The zero-order valence-electron chi connectivity index (χ0n) is 17.5. The molecule has 2 atom stereocenters. The Morgan fingerprint density at radius 1 is 1.21 bits per heavy atom. The molecule has 0 spiro atoms. The highest BCUT2D eigenvalue weighted by molar-refractivity contribution is 8.00. The van der Waals surface area contributed by atoms with Gasteiger partial charge in [-0.05, 0) is 29.8 Å². The van der Waals surface area contributed by atoms with Gasteiger partial charge in [0.05, 0.1) is 12.1 Å². The molecular weight excluding hydrogens is 511 g/mol. The molecule has 1 heterocycles. The molecule has 0 bridgehead atoms. The number of ether oxygens (including phenoxy) is 1. The Labute approximate surface area is 206 Å². The van der Waals surface area contributed by atoms with Crippen LogP contribution in [-0.4, -0.2) is 59.7 Å². The Balaban J connectivity index is 1.62. The van der Waals surface area contributed by atoms with E-state index >= 15 is 0 Å². The summed E-state index contributed by atoms with van der Waals surface area (Å²) in [6.45, 7) is 0.169. The van der Waals surface area contributed by atoms with Crippen LogP contribution in [0, 0.1) is 0 Å². The maximum absolute atomic E-state index is 12.6. The minimum absolute atomic E-state index is 0.0242. The molecule has 0 saturated carbocycles. The van der Waals surface area contributed by atoms with Crippen LogP contribution >= 0.6 is 35.0 Å². The molecule has 178 valence electrons. The minimum atomic E-state index is -3.57. The van der Waals surface area contributed by atoms with Gasteiger partial charge >= 0.3 is 5.97 Å². The first-order chi connectivity index (χ1) is 15.6. The summed E-state index contributed by atoms with van der Waals surface area (Å²) in [5.74, 6) is -0.872. The topological polar surface area (TPSA) is 113 Å². The third-order valence-electron chi connectivity index (χ3n) is 4.99. The minimum Gasteiger partial charge on any atom is -0.489 e. The lowest BCUT2D eigenvalue weighted by atomic mass is 10.1. The van der Waals surface area contributed by atoms with E-state index in [0.717, 1.165) is 10.6 Å². The number of carboxylic acid groups (broad SMARTS) is 1. The molecule has 0 unspecified atom stereocenters. The Bertz CT molecular complexity index is 1110. The number of nitrogens with zero attached hydrogens (tertiary/aromatic N) is 1. The Hall–Kier alpha value is -1.98. The number of hydrogen-bond acceptors (Lipinski definition) is 6. The van der Waals surface area contributed by atoms with E-state index in [1.54, 1.807) is 42.5 Å². The smallest absolute Gasteiger partial charge is 0.326 e. The van der Waals surface area contributed by atoms with Crippen LogP contribution in [0.2, 0.25) is 10.0 Å². The summed E-state index contributed by atoms with van der Waals surface area (Å²) in [5, 5.41) is 13.0. The zero-order valence-corrected chi connectivity index (χ0v) is 20.7. The molecule has 0 radical (unpaired) electrons. The van der Waals surface area contributed by atoms with Crippen LogP contribution in [0.4, 0.5) is 0 Å². The fraction of sp³-hybridized carbons (Fsp3) is 0.333. The summed E-state index contributed by atoms with van der Waals surface area (Å²) in [5.41, 5.74) is 1.32. The van der Waals surface area contributed by atoms with E-state index < -0.39 is 34.0 Å². The molecular formula is C21H22Cl2N2O6S2. The van der Waals surface area contributed by atoms with E-state index in [-0.39, 0.29) is 24.7 Å². The van der Waals surface area contributed by atoms with Crippen LogP contribution in [0.5, 0.6) is 5.75 Å². The molecule has 1 aliphatic heterocycles. The van der Waals surface area contributed by atoms with Crippen molar-refractivity contribution in [3.63, 3.8) is 0 Å². The van der Waals surface area contributed by atoms with E-state index in [4.69, 9.17) is 27.9 Å². The van der Waals surface area contributed by atoms with Gasteiger partial charge in [0.1, 0.15) is 24.4 Å². The number of sulfonamides is 1. The van der Waals surface area contributed by atoms with Crippen LogP contribution in [0.15, 0.2) is 42.5 Å². The number of benzene rings is 2. The predicted molar refractivity (Wildman–Crippen MR) is 128 cm³/mol. The van der Waals surface area contributed by atoms with Crippen molar-refractivity contribution < 1.29 is 27.9 Å². The number of halogens is 2. The van der Waals surface area contributed by atoms with Crippen LogP contribution < -0.4 is 10.1 Å². The molecule has 2 N–H and O–H groups in total. The van der Waals surface area contributed by atoms with Crippen LogP contribution in [-0.2, 0) is 32.6 Å². The van der Waals surface area contributed by atoms with Crippen molar-refractivity contribution in [2.24, 2.45) is 0 Å². The van der Waals surface area contributed by atoms with Gasteiger partial charge in [-0.2, -0.15) is 4.31 Å². The molecule has 12 heteroatoms. The molecule has 2 aromatic rings. The first-order valence-electron chi connectivity index (χ1n) is 9.78. The lowest BCUT2D eigenvalue weighted by Crippen LogP contribution is -2.52. The molecule has 33 heavy (non-hydrogen) atoms. The number of carboxylic acids is 1. The molecule has 1 fully saturated rings. The third-order valence-corrected chi connectivity index (χ3v) is 8.11. The molecule has 8 nitrogen and oxygen atoms in total. The highest BCUT2D eigenvalue weighted by Gasteiger charge is 2.38. The summed E-state index contributed by atoms with van der Waals surface area (Å²) in [6, 6.07) is 9.78. The van der Waals surface area contributed by atoms with Crippen molar-refractivity contribution in [1.82, 2.24) is 9.62 Å². The Morgan fingerprint density at radius 2 is 1.85 bits per heavy atom. The first-order valence-corrected chi connectivity index (χ1v) is 13.5. The van der Waals surface area contributed by atoms with E-state index in [2.05, 4.69) is 5.32 Å². The molecule has 3 rings (SSSR count). The molecule has 1 saturated heterocycles. The number of aliphatic carboxylic acids is 1. The quantitative estimate of drug-likeness (QED) is 0.510. The summed E-state index contributed by atoms with van der Waals surface area (Å²) in [4.78, 5) is 24.3. The van der Waals surface area contributed by atoms with Gasteiger partial charge in [-0.3, -0.25) is 4.79 Å². The monoisotopic (exact) mass is 532 g/mol. The predicted octanol–water partition coefficient (Wildman–Crippen LogP) is 3.02. The number of carbonyl (C=O) groups is 2. The Morgan fingerprint density at radius 3 is 2.42 bits per heavy atom. The van der Waals surface area contributed by atoms with Gasteiger partial charge in [0, 0.05) is 27.8 Å². The number of rotatable bonds is 9. The van der Waals surface area contributed by atoms with E-state index in [1.165, 1.54) is 11.8 Å².